The first-order valence-electron chi connectivity index (χ1n) is 5.64. The Morgan fingerprint density at radius 1 is 1.27 bits per heavy atom. The number of nitrogens with one attached hydrogen (secondary N) is 1. The second-order valence-electron chi connectivity index (χ2n) is 3.78. The van der Waals surface area contributed by atoms with Gasteiger partial charge in [0.1, 0.15) is 0 Å². The average Bonchev–Trinajstić information content (AvgIpc) is 2.26. The van der Waals surface area contributed by atoms with Crippen molar-refractivity contribution in [3.63, 3.8) is 0 Å². The fourth-order valence-electron chi connectivity index (χ4n) is 1.53. The van der Waals surface area contributed by atoms with Crippen LogP contribution in [0.5, 0.6) is 0 Å². The molecule has 0 fully saturated rings. The molecule has 1 N–H and O–H groups in total. The second-order valence-corrected chi connectivity index (χ2v) is 3.78. The van der Waals surface area contributed by atoms with Crippen LogP contribution in [0.15, 0.2) is 24.3 Å². The largest absolute Gasteiger partial charge is 0.380 e. The van der Waals surface area contributed by atoms with Crippen LogP contribution < -0.4 is 5.32 Å². The van der Waals surface area contributed by atoms with Gasteiger partial charge in [0.15, 0.2) is 0 Å². The predicted molar refractivity (Wildman–Crippen MR) is 63.8 cm³/mol. The topological polar surface area (TPSA) is 21.3 Å². The van der Waals surface area contributed by atoms with Crippen LogP contribution in [0.3, 0.4) is 0 Å². The van der Waals surface area contributed by atoms with Gasteiger partial charge in [-0.3, -0.25) is 0 Å². The van der Waals surface area contributed by atoms with Crippen LogP contribution in [0.2, 0.25) is 0 Å². The summed E-state index contributed by atoms with van der Waals surface area (Å²) in [5, 5.41) is 3.43. The van der Waals surface area contributed by atoms with E-state index in [-0.39, 0.29) is 0 Å². The van der Waals surface area contributed by atoms with E-state index in [1.165, 1.54) is 24.0 Å². The highest BCUT2D eigenvalue weighted by atomic mass is 16.5. The van der Waals surface area contributed by atoms with Crippen molar-refractivity contribution in [3.05, 3.63) is 35.4 Å². The molecule has 0 aliphatic carbocycles. The molecule has 0 atom stereocenters. The van der Waals surface area contributed by atoms with Crippen molar-refractivity contribution < 1.29 is 4.74 Å². The summed E-state index contributed by atoms with van der Waals surface area (Å²) in [6.45, 7) is 4.96. The highest BCUT2D eigenvalue weighted by Gasteiger charge is 1.95. The molecular formula is C13H21NO. The number of hydrogen-bond acceptors (Lipinski definition) is 2. The third-order valence-corrected chi connectivity index (χ3v) is 2.34. The summed E-state index contributed by atoms with van der Waals surface area (Å²) in [5.74, 6) is 0. The maximum absolute atomic E-state index is 5.11. The molecule has 0 bridgehead atoms. The first-order chi connectivity index (χ1) is 7.36. The summed E-state index contributed by atoms with van der Waals surface area (Å²) < 4.78 is 5.11. The Hall–Kier alpha value is -0.860. The Labute approximate surface area is 92.6 Å². The van der Waals surface area contributed by atoms with E-state index in [0.29, 0.717) is 6.61 Å². The van der Waals surface area contributed by atoms with E-state index in [4.69, 9.17) is 4.74 Å². The van der Waals surface area contributed by atoms with E-state index in [2.05, 4.69) is 36.5 Å². The lowest BCUT2D eigenvalue weighted by molar-refractivity contribution is 0.185. The van der Waals surface area contributed by atoms with Gasteiger partial charge in [0, 0.05) is 13.7 Å². The van der Waals surface area contributed by atoms with Crippen molar-refractivity contribution in [3.8, 4) is 0 Å². The maximum atomic E-state index is 5.11. The van der Waals surface area contributed by atoms with Crippen molar-refractivity contribution >= 4 is 0 Å². The number of hydrogen-bond donors (Lipinski definition) is 1. The predicted octanol–water partition coefficient (Wildman–Crippen LogP) is 2.72. The molecule has 0 unspecified atom stereocenters. The van der Waals surface area contributed by atoms with Crippen molar-refractivity contribution in [2.24, 2.45) is 0 Å². The summed E-state index contributed by atoms with van der Waals surface area (Å²) in [4.78, 5) is 0. The maximum Gasteiger partial charge on any atom is 0.0713 e. The summed E-state index contributed by atoms with van der Waals surface area (Å²) >= 11 is 0. The lowest BCUT2D eigenvalue weighted by Gasteiger charge is -2.06. The molecule has 1 aromatic carbocycles. The molecule has 0 aromatic heterocycles. The summed E-state index contributed by atoms with van der Waals surface area (Å²) in [6, 6.07) is 8.53. The van der Waals surface area contributed by atoms with Crippen molar-refractivity contribution in [2.75, 3.05) is 13.7 Å². The molecule has 84 valence electrons. The molecule has 0 amide bonds. The zero-order chi connectivity index (χ0) is 10.9. The molecule has 15 heavy (non-hydrogen) atoms. The lowest BCUT2D eigenvalue weighted by Crippen LogP contribution is -2.14. The zero-order valence-electron chi connectivity index (χ0n) is 9.75. The molecule has 2 heteroatoms. The van der Waals surface area contributed by atoms with Crippen LogP contribution in [-0.4, -0.2) is 13.7 Å². The highest BCUT2D eigenvalue weighted by molar-refractivity contribution is 5.22. The molecule has 0 saturated heterocycles. The van der Waals surface area contributed by atoms with E-state index in [1.807, 2.05) is 0 Å². The van der Waals surface area contributed by atoms with Crippen LogP contribution in [0.25, 0.3) is 0 Å². The van der Waals surface area contributed by atoms with E-state index in [1.54, 1.807) is 7.11 Å². The quantitative estimate of drug-likeness (QED) is 0.694. The SMILES string of the molecule is CCCCNCc1cccc(COC)c1. The second kappa shape index (κ2) is 7.43. The Kier molecular flexibility index (Phi) is 6.05. The van der Waals surface area contributed by atoms with Crippen LogP contribution in [0.1, 0.15) is 30.9 Å². The molecule has 1 rings (SSSR count). The Balaban J connectivity index is 2.36. The number of methoxy groups -OCH3 is 1. The summed E-state index contributed by atoms with van der Waals surface area (Å²) in [5.41, 5.74) is 2.58. The van der Waals surface area contributed by atoms with Crippen LogP contribution in [-0.2, 0) is 17.9 Å². The fourth-order valence-corrected chi connectivity index (χ4v) is 1.53. The number of rotatable bonds is 7. The molecule has 1 aromatic rings. The Morgan fingerprint density at radius 3 is 2.80 bits per heavy atom. The Morgan fingerprint density at radius 2 is 2.07 bits per heavy atom. The van der Waals surface area contributed by atoms with Gasteiger partial charge in [-0.15, -0.1) is 0 Å². The molecule has 0 spiro atoms. The van der Waals surface area contributed by atoms with E-state index >= 15 is 0 Å². The third-order valence-electron chi connectivity index (χ3n) is 2.34. The molecule has 0 radical (unpaired) electrons. The van der Waals surface area contributed by atoms with Crippen molar-refractivity contribution in [1.29, 1.82) is 0 Å². The van der Waals surface area contributed by atoms with Crippen LogP contribution in [0.4, 0.5) is 0 Å². The van der Waals surface area contributed by atoms with E-state index in [0.717, 1.165) is 13.1 Å². The minimum Gasteiger partial charge on any atom is -0.380 e. The van der Waals surface area contributed by atoms with Gasteiger partial charge >= 0.3 is 0 Å². The standard InChI is InChI=1S/C13H21NO/c1-3-4-8-14-10-12-6-5-7-13(9-12)11-15-2/h5-7,9,14H,3-4,8,10-11H2,1-2H3. The molecule has 0 heterocycles. The van der Waals surface area contributed by atoms with Crippen molar-refractivity contribution in [1.82, 2.24) is 5.32 Å². The van der Waals surface area contributed by atoms with Crippen molar-refractivity contribution in [2.45, 2.75) is 32.9 Å². The average molecular weight is 207 g/mol. The number of unbranched alkanes of at least 4 members (excludes halogenated alkanes) is 1. The zero-order valence-corrected chi connectivity index (χ0v) is 9.75. The smallest absolute Gasteiger partial charge is 0.0713 e. The monoisotopic (exact) mass is 207 g/mol. The van der Waals surface area contributed by atoms with Gasteiger partial charge in [0.2, 0.25) is 0 Å². The van der Waals surface area contributed by atoms with Gasteiger partial charge in [0.05, 0.1) is 6.61 Å². The summed E-state index contributed by atoms with van der Waals surface area (Å²) in [7, 11) is 1.73. The first-order valence-corrected chi connectivity index (χ1v) is 5.64. The lowest BCUT2D eigenvalue weighted by atomic mass is 10.1. The van der Waals surface area contributed by atoms with Crippen LogP contribution in [0, 0.1) is 0 Å². The number of ether oxygens (including phenoxy) is 1. The minimum atomic E-state index is 0.697. The van der Waals surface area contributed by atoms with E-state index in [9.17, 15) is 0 Å². The molecule has 0 aliphatic heterocycles. The van der Waals surface area contributed by atoms with Gasteiger partial charge in [-0.25, -0.2) is 0 Å². The third kappa shape index (κ3) is 4.96. The van der Waals surface area contributed by atoms with Gasteiger partial charge in [-0.1, -0.05) is 37.6 Å². The number of benzene rings is 1. The highest BCUT2D eigenvalue weighted by Crippen LogP contribution is 2.06. The molecular weight excluding hydrogens is 186 g/mol. The fraction of sp³-hybridized carbons (Fsp3) is 0.538. The summed E-state index contributed by atoms with van der Waals surface area (Å²) in [6.07, 6.45) is 2.49. The molecule has 0 saturated carbocycles. The normalized spacial score (nSPS) is 10.5. The van der Waals surface area contributed by atoms with Crippen LogP contribution >= 0.6 is 0 Å². The minimum absolute atomic E-state index is 0.697. The van der Waals surface area contributed by atoms with Gasteiger partial charge in [-0.05, 0) is 24.1 Å². The molecule has 2 nitrogen and oxygen atoms in total. The molecule has 0 aliphatic rings. The van der Waals surface area contributed by atoms with E-state index < -0.39 is 0 Å². The van der Waals surface area contributed by atoms with Gasteiger partial charge in [-0.2, -0.15) is 0 Å². The Bertz CT molecular complexity index is 273. The van der Waals surface area contributed by atoms with Gasteiger partial charge in [0.25, 0.3) is 0 Å². The van der Waals surface area contributed by atoms with Gasteiger partial charge < -0.3 is 10.1 Å². The first kappa shape index (κ1) is 12.2.